The number of carbonyl (C=O) groups is 1. The molecule has 82 valence electrons. The molecule has 1 amide bonds. The number of rotatable bonds is 2. The fraction of sp³-hybridized carbons (Fsp3) is 0.167. The summed E-state index contributed by atoms with van der Waals surface area (Å²) in [6.07, 6.45) is 1.85. The van der Waals surface area contributed by atoms with E-state index in [1.807, 2.05) is 36.8 Å². The van der Waals surface area contributed by atoms with Crippen molar-refractivity contribution in [2.24, 2.45) is 0 Å². The second-order valence-electron chi connectivity index (χ2n) is 3.58. The maximum Gasteiger partial charge on any atom is 0.221 e. The molecule has 0 atom stereocenters. The van der Waals surface area contributed by atoms with E-state index in [9.17, 15) is 4.79 Å². The lowest BCUT2D eigenvalue weighted by Gasteiger charge is -2.07. The number of nitrogens with one attached hydrogen (secondary N) is 1. The summed E-state index contributed by atoms with van der Waals surface area (Å²) >= 11 is 1.61. The zero-order chi connectivity index (χ0) is 11.5. The monoisotopic (exact) mass is 232 g/mol. The zero-order valence-corrected chi connectivity index (χ0v) is 9.97. The van der Waals surface area contributed by atoms with E-state index >= 15 is 0 Å². The van der Waals surface area contributed by atoms with Crippen LogP contribution in [0.5, 0.6) is 0 Å². The molecule has 0 saturated heterocycles. The van der Waals surface area contributed by atoms with E-state index in [4.69, 9.17) is 0 Å². The third-order valence-electron chi connectivity index (χ3n) is 2.24. The summed E-state index contributed by atoms with van der Waals surface area (Å²) in [5.74, 6) is -0.0510. The van der Waals surface area contributed by atoms with E-state index in [-0.39, 0.29) is 5.91 Å². The van der Waals surface area contributed by atoms with Gasteiger partial charge in [0.1, 0.15) is 0 Å². The highest BCUT2D eigenvalue weighted by atomic mass is 32.1. The van der Waals surface area contributed by atoms with E-state index in [0.29, 0.717) is 0 Å². The highest BCUT2D eigenvalue weighted by molar-refractivity contribution is 7.13. The molecule has 1 aromatic carbocycles. The van der Waals surface area contributed by atoms with Gasteiger partial charge in [-0.05, 0) is 30.2 Å². The zero-order valence-electron chi connectivity index (χ0n) is 9.15. The molecule has 1 N–H and O–H groups in total. The summed E-state index contributed by atoms with van der Waals surface area (Å²) in [6, 6.07) is 5.88. The van der Waals surface area contributed by atoms with Crippen molar-refractivity contribution in [2.75, 3.05) is 5.32 Å². The number of carbonyl (C=O) groups excluding carboxylic acids is 1. The van der Waals surface area contributed by atoms with Crippen LogP contribution in [0, 0.1) is 6.92 Å². The van der Waals surface area contributed by atoms with Crippen molar-refractivity contribution >= 4 is 22.9 Å². The fourth-order valence-electron chi connectivity index (χ4n) is 1.57. The Hall–Kier alpha value is -1.68. The van der Waals surface area contributed by atoms with Gasteiger partial charge in [-0.25, -0.2) is 0 Å². The predicted octanol–water partition coefficient (Wildman–Crippen LogP) is 3.08. The van der Waals surface area contributed by atoms with Crippen LogP contribution in [0.25, 0.3) is 10.4 Å². The van der Waals surface area contributed by atoms with Crippen molar-refractivity contribution in [1.29, 1.82) is 0 Å². The molecule has 16 heavy (non-hydrogen) atoms. The molecule has 1 aromatic heterocycles. The largest absolute Gasteiger partial charge is 0.326 e. The molecular formula is C12H12N2OS. The summed E-state index contributed by atoms with van der Waals surface area (Å²) < 4.78 is 0. The van der Waals surface area contributed by atoms with Crippen LogP contribution in [-0.4, -0.2) is 10.9 Å². The maximum atomic E-state index is 10.9. The number of thiazole rings is 1. The maximum absolute atomic E-state index is 10.9. The summed E-state index contributed by atoms with van der Waals surface area (Å²) in [4.78, 5) is 16.1. The van der Waals surface area contributed by atoms with Crippen molar-refractivity contribution in [2.45, 2.75) is 13.8 Å². The number of amides is 1. The van der Waals surface area contributed by atoms with Crippen molar-refractivity contribution in [1.82, 2.24) is 4.98 Å². The van der Waals surface area contributed by atoms with Gasteiger partial charge < -0.3 is 5.32 Å². The van der Waals surface area contributed by atoms with Gasteiger partial charge in [0.05, 0.1) is 10.4 Å². The normalized spacial score (nSPS) is 10.1. The van der Waals surface area contributed by atoms with E-state index in [0.717, 1.165) is 21.7 Å². The first-order valence-corrected chi connectivity index (χ1v) is 5.82. The standard InChI is InChI=1S/C12H12N2OS/c1-8-5-10(14-9(2)15)3-4-11(8)12-6-13-7-16-12/h3-7H,1-2H3,(H,14,15). The average Bonchev–Trinajstić information content (AvgIpc) is 2.69. The van der Waals surface area contributed by atoms with Crippen molar-refractivity contribution < 1.29 is 4.79 Å². The molecule has 0 fully saturated rings. The molecule has 0 aliphatic heterocycles. The summed E-state index contributed by atoms with van der Waals surface area (Å²) in [6.45, 7) is 3.53. The van der Waals surface area contributed by atoms with E-state index in [1.54, 1.807) is 11.3 Å². The molecule has 1 heterocycles. The van der Waals surface area contributed by atoms with Crippen molar-refractivity contribution in [3.63, 3.8) is 0 Å². The first-order chi connectivity index (χ1) is 7.66. The smallest absolute Gasteiger partial charge is 0.221 e. The van der Waals surface area contributed by atoms with Crippen LogP contribution in [-0.2, 0) is 4.79 Å². The number of aromatic nitrogens is 1. The molecule has 0 radical (unpaired) electrons. The molecule has 3 nitrogen and oxygen atoms in total. The molecule has 0 spiro atoms. The molecule has 2 rings (SSSR count). The molecular weight excluding hydrogens is 220 g/mol. The van der Waals surface area contributed by atoms with Crippen LogP contribution in [0.4, 0.5) is 5.69 Å². The third kappa shape index (κ3) is 2.28. The SMILES string of the molecule is CC(=O)Nc1ccc(-c2cncs2)c(C)c1. The topological polar surface area (TPSA) is 42.0 Å². The summed E-state index contributed by atoms with van der Waals surface area (Å²) in [5.41, 5.74) is 4.95. The predicted molar refractivity (Wildman–Crippen MR) is 66.6 cm³/mol. The highest BCUT2D eigenvalue weighted by Gasteiger charge is 2.04. The third-order valence-corrected chi connectivity index (χ3v) is 3.05. The molecule has 0 unspecified atom stereocenters. The fourth-order valence-corrected chi connectivity index (χ4v) is 2.28. The Bertz CT molecular complexity index is 506. The number of aryl methyl sites for hydroxylation is 1. The van der Waals surface area contributed by atoms with Gasteiger partial charge in [-0.3, -0.25) is 9.78 Å². The lowest BCUT2D eigenvalue weighted by Crippen LogP contribution is -2.05. The van der Waals surface area contributed by atoms with Gasteiger partial charge in [0, 0.05) is 18.8 Å². The minimum Gasteiger partial charge on any atom is -0.326 e. The number of anilines is 1. The van der Waals surface area contributed by atoms with Gasteiger partial charge >= 0.3 is 0 Å². The van der Waals surface area contributed by atoms with Crippen LogP contribution in [0.1, 0.15) is 12.5 Å². The molecule has 0 aliphatic carbocycles. The van der Waals surface area contributed by atoms with Gasteiger partial charge in [0.2, 0.25) is 5.91 Å². The highest BCUT2D eigenvalue weighted by Crippen LogP contribution is 2.28. The van der Waals surface area contributed by atoms with Gasteiger partial charge in [-0.15, -0.1) is 11.3 Å². The lowest BCUT2D eigenvalue weighted by atomic mass is 10.1. The van der Waals surface area contributed by atoms with Gasteiger partial charge in [-0.1, -0.05) is 6.07 Å². The quantitative estimate of drug-likeness (QED) is 0.864. The first-order valence-electron chi connectivity index (χ1n) is 4.94. The van der Waals surface area contributed by atoms with Crippen LogP contribution in [0.3, 0.4) is 0 Å². The first kappa shape index (κ1) is 10.8. The van der Waals surface area contributed by atoms with E-state index < -0.39 is 0 Å². The second kappa shape index (κ2) is 4.45. The van der Waals surface area contributed by atoms with Gasteiger partial charge in [0.25, 0.3) is 0 Å². The Morgan fingerprint density at radius 3 is 2.81 bits per heavy atom. The molecule has 4 heteroatoms. The number of hydrogen-bond acceptors (Lipinski definition) is 3. The Morgan fingerprint density at radius 1 is 1.44 bits per heavy atom. The van der Waals surface area contributed by atoms with Crippen LogP contribution in [0.15, 0.2) is 29.9 Å². The number of nitrogens with zero attached hydrogens (tertiary/aromatic N) is 1. The average molecular weight is 232 g/mol. The molecule has 2 aromatic rings. The molecule has 0 aliphatic rings. The van der Waals surface area contributed by atoms with Gasteiger partial charge in [-0.2, -0.15) is 0 Å². The number of benzene rings is 1. The van der Waals surface area contributed by atoms with Crippen molar-refractivity contribution in [3.05, 3.63) is 35.5 Å². The van der Waals surface area contributed by atoms with Gasteiger partial charge in [0.15, 0.2) is 0 Å². The Labute approximate surface area is 98.2 Å². The summed E-state index contributed by atoms with van der Waals surface area (Å²) in [5, 5.41) is 2.77. The second-order valence-corrected chi connectivity index (χ2v) is 4.46. The van der Waals surface area contributed by atoms with Crippen LogP contribution < -0.4 is 5.32 Å². The molecule has 0 bridgehead atoms. The lowest BCUT2D eigenvalue weighted by molar-refractivity contribution is -0.114. The number of hydrogen-bond donors (Lipinski definition) is 1. The minimum atomic E-state index is -0.0510. The Kier molecular flexibility index (Phi) is 3.01. The summed E-state index contributed by atoms with van der Waals surface area (Å²) in [7, 11) is 0. The Balaban J connectivity index is 2.34. The van der Waals surface area contributed by atoms with Crippen LogP contribution in [0.2, 0.25) is 0 Å². The molecule has 0 saturated carbocycles. The van der Waals surface area contributed by atoms with E-state index in [2.05, 4.69) is 10.3 Å². The minimum absolute atomic E-state index is 0.0510. The van der Waals surface area contributed by atoms with E-state index in [1.165, 1.54) is 6.92 Å². The Morgan fingerprint density at radius 2 is 2.25 bits per heavy atom. The van der Waals surface area contributed by atoms with Crippen molar-refractivity contribution in [3.8, 4) is 10.4 Å². The van der Waals surface area contributed by atoms with Crippen LogP contribution >= 0.6 is 11.3 Å².